The number of carbonyl (C=O) groups is 1. The zero-order chi connectivity index (χ0) is 21.6. The number of rotatable bonds is 5. The monoisotopic (exact) mass is 432 g/mol. The van der Waals surface area contributed by atoms with Crippen molar-refractivity contribution in [1.82, 2.24) is 9.62 Å². The normalized spacial score (nSPS) is 33.4. The Kier molecular flexibility index (Phi) is 5.77. The van der Waals surface area contributed by atoms with Crippen molar-refractivity contribution in [3.05, 3.63) is 30.3 Å². The molecule has 1 aromatic rings. The summed E-state index contributed by atoms with van der Waals surface area (Å²) in [5.74, 6) is 0.768. The van der Waals surface area contributed by atoms with Crippen LogP contribution in [0.1, 0.15) is 65.7 Å². The first-order valence-corrected chi connectivity index (χ1v) is 12.9. The van der Waals surface area contributed by atoms with Crippen LogP contribution >= 0.6 is 0 Å². The predicted octanol–water partition coefficient (Wildman–Crippen LogP) is 4.20. The molecule has 3 fully saturated rings. The van der Waals surface area contributed by atoms with Gasteiger partial charge in [0.2, 0.25) is 15.9 Å². The van der Waals surface area contributed by atoms with E-state index in [4.69, 9.17) is 0 Å². The second-order valence-corrected chi connectivity index (χ2v) is 12.8. The minimum absolute atomic E-state index is 0.109. The molecule has 2 bridgehead atoms. The van der Waals surface area contributed by atoms with Gasteiger partial charge in [-0.2, -0.15) is 0 Å². The highest BCUT2D eigenvalue weighted by molar-refractivity contribution is 7.89. The van der Waals surface area contributed by atoms with E-state index in [9.17, 15) is 13.2 Å². The van der Waals surface area contributed by atoms with Gasteiger partial charge in [0.05, 0.1) is 4.90 Å². The van der Waals surface area contributed by atoms with Crippen molar-refractivity contribution in [3.8, 4) is 0 Å². The van der Waals surface area contributed by atoms with Crippen molar-refractivity contribution in [2.24, 2.45) is 22.7 Å². The third-order valence-electron chi connectivity index (χ3n) is 7.51. The first-order valence-electron chi connectivity index (χ1n) is 11.4. The van der Waals surface area contributed by atoms with Crippen molar-refractivity contribution in [1.29, 1.82) is 0 Å². The Bertz CT molecular complexity index is 875. The van der Waals surface area contributed by atoms with Crippen LogP contribution in [-0.2, 0) is 14.8 Å². The first-order chi connectivity index (χ1) is 14.1. The number of amides is 1. The number of carbonyl (C=O) groups excluding carboxylic acids is 1. The van der Waals surface area contributed by atoms with E-state index in [-0.39, 0.29) is 11.3 Å². The molecule has 4 rings (SSSR count). The molecule has 1 saturated heterocycles. The minimum Gasteiger partial charge on any atom is -0.339 e. The zero-order valence-electron chi connectivity index (χ0n) is 18.6. The Hall–Kier alpha value is -1.40. The lowest BCUT2D eigenvalue weighted by atomic mass is 9.65. The summed E-state index contributed by atoms with van der Waals surface area (Å²) >= 11 is 0. The molecule has 2 aliphatic carbocycles. The Morgan fingerprint density at radius 1 is 1.07 bits per heavy atom. The van der Waals surface area contributed by atoms with E-state index in [0.29, 0.717) is 34.7 Å². The topological polar surface area (TPSA) is 66.5 Å². The summed E-state index contributed by atoms with van der Waals surface area (Å²) in [6, 6.07) is 8.92. The van der Waals surface area contributed by atoms with Crippen LogP contribution in [0.25, 0.3) is 0 Å². The van der Waals surface area contributed by atoms with E-state index < -0.39 is 10.0 Å². The fraction of sp³-hybridized carbons (Fsp3) is 0.708. The van der Waals surface area contributed by atoms with Crippen molar-refractivity contribution in [2.45, 2.75) is 76.7 Å². The van der Waals surface area contributed by atoms with Gasteiger partial charge in [-0.05, 0) is 73.8 Å². The number of nitrogens with one attached hydrogen (secondary N) is 1. The van der Waals surface area contributed by atoms with Gasteiger partial charge in [-0.3, -0.25) is 4.79 Å². The standard InChI is InChI=1S/C24H36N2O3S/c1-23(2)13-20-14-24(3,16-23)17-26(20)22(27)19-11-9-18(10-12-19)15-25-30(28,29)21-7-5-4-6-8-21/h4-8,18-20,25H,9-17H2,1-3H3. The number of hydrogen-bond donors (Lipinski definition) is 1. The van der Waals surface area contributed by atoms with Crippen LogP contribution in [0.2, 0.25) is 0 Å². The van der Waals surface area contributed by atoms with Gasteiger partial charge in [0.25, 0.3) is 0 Å². The fourth-order valence-electron chi connectivity index (χ4n) is 6.48. The Morgan fingerprint density at radius 3 is 2.40 bits per heavy atom. The maximum Gasteiger partial charge on any atom is 0.240 e. The van der Waals surface area contributed by atoms with Gasteiger partial charge in [0.15, 0.2) is 0 Å². The molecular formula is C24H36N2O3S. The molecule has 2 atom stereocenters. The van der Waals surface area contributed by atoms with Crippen LogP contribution in [0, 0.1) is 22.7 Å². The lowest BCUT2D eigenvalue weighted by Crippen LogP contribution is -2.42. The summed E-state index contributed by atoms with van der Waals surface area (Å²) in [7, 11) is -3.46. The average Bonchev–Trinajstić information content (AvgIpc) is 2.95. The largest absolute Gasteiger partial charge is 0.339 e. The van der Waals surface area contributed by atoms with E-state index in [1.807, 2.05) is 6.07 Å². The molecule has 1 aromatic carbocycles. The highest BCUT2D eigenvalue weighted by Crippen LogP contribution is 2.53. The van der Waals surface area contributed by atoms with Gasteiger partial charge < -0.3 is 4.90 Å². The predicted molar refractivity (Wildman–Crippen MR) is 118 cm³/mol. The Balaban J connectivity index is 1.29. The molecule has 0 aromatic heterocycles. The van der Waals surface area contributed by atoms with E-state index >= 15 is 0 Å². The van der Waals surface area contributed by atoms with Crippen LogP contribution in [0.15, 0.2) is 35.2 Å². The smallest absolute Gasteiger partial charge is 0.240 e. The lowest BCUT2D eigenvalue weighted by molar-refractivity contribution is -0.138. The molecule has 3 aliphatic rings. The molecule has 1 amide bonds. The molecule has 1 N–H and O–H groups in total. The van der Waals surface area contributed by atoms with Gasteiger partial charge in [-0.1, -0.05) is 39.0 Å². The van der Waals surface area contributed by atoms with Crippen LogP contribution in [0.3, 0.4) is 0 Å². The summed E-state index contributed by atoms with van der Waals surface area (Å²) in [6.45, 7) is 8.40. The van der Waals surface area contributed by atoms with Crippen LogP contribution < -0.4 is 4.72 Å². The maximum absolute atomic E-state index is 13.3. The number of hydrogen-bond acceptors (Lipinski definition) is 3. The summed E-state index contributed by atoms with van der Waals surface area (Å²) in [4.78, 5) is 15.8. The van der Waals surface area contributed by atoms with E-state index in [1.54, 1.807) is 24.3 Å². The van der Waals surface area contributed by atoms with Crippen molar-refractivity contribution >= 4 is 15.9 Å². The molecule has 30 heavy (non-hydrogen) atoms. The molecule has 166 valence electrons. The molecular weight excluding hydrogens is 396 g/mol. The van der Waals surface area contributed by atoms with Crippen molar-refractivity contribution in [3.63, 3.8) is 0 Å². The molecule has 2 unspecified atom stereocenters. The van der Waals surface area contributed by atoms with E-state index in [2.05, 4.69) is 30.4 Å². The first kappa shape index (κ1) is 21.8. The Labute approximate surface area is 181 Å². The zero-order valence-corrected chi connectivity index (χ0v) is 19.4. The third-order valence-corrected chi connectivity index (χ3v) is 8.95. The van der Waals surface area contributed by atoms with Gasteiger partial charge in [0, 0.05) is 25.0 Å². The summed E-state index contributed by atoms with van der Waals surface area (Å²) in [5, 5.41) is 0. The van der Waals surface area contributed by atoms with Crippen molar-refractivity contribution < 1.29 is 13.2 Å². The van der Waals surface area contributed by atoms with Gasteiger partial charge in [-0.25, -0.2) is 13.1 Å². The molecule has 2 saturated carbocycles. The van der Waals surface area contributed by atoms with Gasteiger partial charge >= 0.3 is 0 Å². The number of benzene rings is 1. The second-order valence-electron chi connectivity index (χ2n) is 11.1. The minimum atomic E-state index is -3.46. The third kappa shape index (κ3) is 4.59. The van der Waals surface area contributed by atoms with Crippen LogP contribution in [0.4, 0.5) is 0 Å². The second kappa shape index (κ2) is 7.94. The molecule has 0 radical (unpaired) electrons. The van der Waals surface area contributed by atoms with E-state index in [0.717, 1.165) is 45.1 Å². The van der Waals surface area contributed by atoms with Gasteiger partial charge in [0.1, 0.15) is 0 Å². The van der Waals surface area contributed by atoms with Crippen LogP contribution in [0.5, 0.6) is 0 Å². The van der Waals surface area contributed by atoms with E-state index in [1.165, 1.54) is 6.42 Å². The summed E-state index contributed by atoms with van der Waals surface area (Å²) in [5.41, 5.74) is 0.593. The molecule has 5 nitrogen and oxygen atoms in total. The summed E-state index contributed by atoms with van der Waals surface area (Å²) < 4.78 is 27.6. The average molecular weight is 433 g/mol. The molecule has 0 spiro atoms. The SMILES string of the molecule is CC1(C)CC2CC(C)(CN2C(=O)C2CCC(CNS(=O)(=O)c3ccccc3)CC2)C1. The van der Waals surface area contributed by atoms with Gasteiger partial charge in [-0.15, -0.1) is 0 Å². The number of sulfonamides is 1. The Morgan fingerprint density at radius 2 is 1.73 bits per heavy atom. The summed E-state index contributed by atoms with van der Waals surface area (Å²) in [6.07, 6.45) is 7.04. The fourth-order valence-corrected chi connectivity index (χ4v) is 7.61. The highest BCUT2D eigenvalue weighted by atomic mass is 32.2. The molecule has 1 heterocycles. The molecule has 6 heteroatoms. The maximum atomic E-state index is 13.3. The number of fused-ring (bicyclic) bond motifs is 2. The number of nitrogens with zero attached hydrogens (tertiary/aromatic N) is 1. The lowest BCUT2D eigenvalue weighted by Gasteiger charge is -2.39. The van der Waals surface area contributed by atoms with Crippen LogP contribution in [-0.4, -0.2) is 38.4 Å². The number of likely N-dealkylation sites (tertiary alicyclic amines) is 1. The van der Waals surface area contributed by atoms with Crippen molar-refractivity contribution in [2.75, 3.05) is 13.1 Å². The molecule has 1 aliphatic heterocycles. The quantitative estimate of drug-likeness (QED) is 0.758. The highest BCUT2D eigenvalue weighted by Gasteiger charge is 2.51.